The Morgan fingerprint density at radius 3 is 2.63 bits per heavy atom. The number of nitrogens with zero attached hydrogens (tertiary/aromatic N) is 3. The molecular weight excluding hydrogens is 421 g/mol. The van der Waals surface area contributed by atoms with Gasteiger partial charge in [0.15, 0.2) is 0 Å². The van der Waals surface area contributed by atoms with Crippen molar-refractivity contribution in [3.05, 3.63) is 71.5 Å². The molecule has 8 heteroatoms. The predicted octanol–water partition coefficient (Wildman–Crippen LogP) is 3.66. The molecule has 2 fully saturated rings. The van der Waals surface area contributed by atoms with Crippen LogP contribution in [0.5, 0.6) is 0 Å². The van der Waals surface area contributed by atoms with E-state index in [1.807, 2.05) is 29.2 Å². The smallest absolute Gasteiger partial charge is 0.272 e. The SMILES string of the molecule is Cc1ccccc1[C@@H]1[C@H]2CNC[C@H]2CN1C(=O)c1cc(-c2ccccn2)n[nH]1.Cl.Cl. The van der Waals surface area contributed by atoms with E-state index in [4.69, 9.17) is 0 Å². The molecule has 2 N–H and O–H groups in total. The summed E-state index contributed by atoms with van der Waals surface area (Å²) < 4.78 is 0. The molecule has 5 rings (SSSR count). The minimum absolute atomic E-state index is 0. The lowest BCUT2D eigenvalue weighted by molar-refractivity contribution is 0.0707. The molecule has 158 valence electrons. The number of benzene rings is 1. The van der Waals surface area contributed by atoms with Crippen molar-refractivity contribution in [2.45, 2.75) is 13.0 Å². The average Bonchev–Trinajstić information content (AvgIpc) is 3.45. The Morgan fingerprint density at radius 1 is 1.07 bits per heavy atom. The van der Waals surface area contributed by atoms with E-state index < -0.39 is 0 Å². The van der Waals surface area contributed by atoms with E-state index in [0.717, 1.165) is 25.3 Å². The molecule has 1 amide bonds. The molecule has 2 aromatic heterocycles. The van der Waals surface area contributed by atoms with Crippen molar-refractivity contribution in [2.24, 2.45) is 11.8 Å². The van der Waals surface area contributed by atoms with Crippen molar-refractivity contribution in [1.29, 1.82) is 0 Å². The van der Waals surface area contributed by atoms with Gasteiger partial charge in [-0.15, -0.1) is 24.8 Å². The van der Waals surface area contributed by atoms with Crippen LogP contribution in [0.2, 0.25) is 0 Å². The summed E-state index contributed by atoms with van der Waals surface area (Å²) in [4.78, 5) is 19.8. The first kappa shape index (κ1) is 22.3. The Bertz CT molecular complexity index is 1010. The molecule has 0 unspecified atom stereocenters. The third-order valence-corrected chi connectivity index (χ3v) is 6.07. The number of pyridine rings is 1. The van der Waals surface area contributed by atoms with E-state index in [9.17, 15) is 4.79 Å². The fourth-order valence-corrected chi connectivity index (χ4v) is 4.68. The predicted molar refractivity (Wildman–Crippen MR) is 121 cm³/mol. The number of hydrogen-bond acceptors (Lipinski definition) is 4. The summed E-state index contributed by atoms with van der Waals surface area (Å²) in [6.45, 7) is 4.82. The first-order valence-corrected chi connectivity index (χ1v) is 9.76. The van der Waals surface area contributed by atoms with Crippen LogP contribution in [0, 0.1) is 18.8 Å². The number of H-pyrrole nitrogens is 1. The molecule has 0 bridgehead atoms. The van der Waals surface area contributed by atoms with Crippen LogP contribution in [0.15, 0.2) is 54.7 Å². The van der Waals surface area contributed by atoms with Crippen LogP contribution in [0.25, 0.3) is 11.4 Å². The van der Waals surface area contributed by atoms with Gasteiger partial charge in [0.05, 0.1) is 11.7 Å². The number of nitrogens with one attached hydrogen (secondary N) is 2. The maximum Gasteiger partial charge on any atom is 0.272 e. The maximum atomic E-state index is 13.4. The lowest BCUT2D eigenvalue weighted by Crippen LogP contribution is -2.35. The zero-order valence-corrected chi connectivity index (χ0v) is 18.2. The zero-order chi connectivity index (χ0) is 19.1. The van der Waals surface area contributed by atoms with Crippen LogP contribution in [-0.2, 0) is 0 Å². The second-order valence-corrected chi connectivity index (χ2v) is 7.72. The highest BCUT2D eigenvalue weighted by Gasteiger charge is 2.47. The molecule has 4 heterocycles. The summed E-state index contributed by atoms with van der Waals surface area (Å²) in [5.41, 5.74) is 4.45. The van der Waals surface area contributed by atoms with Crippen LogP contribution in [0.1, 0.15) is 27.7 Å². The average molecular weight is 446 g/mol. The van der Waals surface area contributed by atoms with Gasteiger partial charge in [0, 0.05) is 31.7 Å². The molecule has 6 nitrogen and oxygen atoms in total. The topological polar surface area (TPSA) is 73.9 Å². The molecule has 2 aliphatic rings. The molecule has 2 saturated heterocycles. The quantitative estimate of drug-likeness (QED) is 0.644. The second-order valence-electron chi connectivity index (χ2n) is 7.72. The highest BCUT2D eigenvalue weighted by atomic mass is 35.5. The molecule has 0 saturated carbocycles. The van der Waals surface area contributed by atoms with E-state index in [1.165, 1.54) is 11.1 Å². The maximum absolute atomic E-state index is 13.4. The van der Waals surface area contributed by atoms with Gasteiger partial charge in [-0.05, 0) is 42.2 Å². The summed E-state index contributed by atoms with van der Waals surface area (Å²) >= 11 is 0. The van der Waals surface area contributed by atoms with E-state index >= 15 is 0 Å². The number of halogens is 2. The highest BCUT2D eigenvalue weighted by Crippen LogP contribution is 2.44. The number of aromatic nitrogens is 3. The Hall–Kier alpha value is -2.41. The van der Waals surface area contributed by atoms with Crippen molar-refractivity contribution in [3.63, 3.8) is 0 Å². The standard InChI is InChI=1S/C22H23N5O.2ClH/c1-14-6-2-3-7-16(14)21-17-12-23-11-15(17)13-27(21)22(28)20-10-19(25-26-20)18-8-4-5-9-24-18;;/h2-10,15,17,21,23H,11-13H2,1H3,(H,25,26);2*1H/t15-,17-,21+;;/m0../s1. The van der Waals surface area contributed by atoms with Crippen LogP contribution in [0.4, 0.5) is 0 Å². The number of aromatic amines is 1. The van der Waals surface area contributed by atoms with Crippen LogP contribution >= 0.6 is 24.8 Å². The Kier molecular flexibility index (Phi) is 6.81. The van der Waals surface area contributed by atoms with Crippen molar-refractivity contribution in [1.82, 2.24) is 25.4 Å². The number of likely N-dealkylation sites (tertiary alicyclic amines) is 1. The Morgan fingerprint density at radius 2 is 1.87 bits per heavy atom. The fraction of sp³-hybridized carbons (Fsp3) is 0.318. The van der Waals surface area contributed by atoms with Crippen LogP contribution in [-0.4, -0.2) is 45.6 Å². The van der Waals surface area contributed by atoms with Gasteiger partial charge >= 0.3 is 0 Å². The minimum atomic E-state index is 0. The van der Waals surface area contributed by atoms with Crippen molar-refractivity contribution < 1.29 is 4.79 Å². The Balaban J connectivity index is 0.00000128. The summed E-state index contributed by atoms with van der Waals surface area (Å²) in [5.74, 6) is 0.951. The van der Waals surface area contributed by atoms with Crippen molar-refractivity contribution in [3.8, 4) is 11.4 Å². The number of carbonyl (C=O) groups is 1. The number of amides is 1. The summed E-state index contributed by atoms with van der Waals surface area (Å²) in [6.07, 6.45) is 1.73. The van der Waals surface area contributed by atoms with Gasteiger partial charge < -0.3 is 10.2 Å². The third-order valence-electron chi connectivity index (χ3n) is 6.07. The molecule has 0 aliphatic carbocycles. The number of hydrogen-bond donors (Lipinski definition) is 2. The largest absolute Gasteiger partial charge is 0.330 e. The molecular formula is C22H25Cl2N5O. The lowest BCUT2D eigenvalue weighted by Gasteiger charge is -2.29. The number of rotatable bonds is 3. The molecule has 3 atom stereocenters. The van der Waals surface area contributed by atoms with Gasteiger partial charge in [-0.25, -0.2) is 0 Å². The Labute approximate surface area is 188 Å². The minimum Gasteiger partial charge on any atom is -0.330 e. The third kappa shape index (κ3) is 3.83. The van der Waals surface area contributed by atoms with E-state index in [1.54, 1.807) is 6.20 Å². The van der Waals surface area contributed by atoms with Gasteiger partial charge in [-0.3, -0.25) is 14.9 Å². The van der Waals surface area contributed by atoms with Gasteiger partial charge in [-0.1, -0.05) is 30.3 Å². The van der Waals surface area contributed by atoms with Crippen molar-refractivity contribution >= 4 is 30.7 Å². The van der Waals surface area contributed by atoms with Gasteiger partial charge in [0.25, 0.3) is 5.91 Å². The van der Waals surface area contributed by atoms with Crippen LogP contribution in [0.3, 0.4) is 0 Å². The van der Waals surface area contributed by atoms with E-state index in [2.05, 4.69) is 51.7 Å². The molecule has 30 heavy (non-hydrogen) atoms. The molecule has 0 spiro atoms. The van der Waals surface area contributed by atoms with Crippen LogP contribution < -0.4 is 5.32 Å². The van der Waals surface area contributed by atoms with Crippen molar-refractivity contribution in [2.75, 3.05) is 19.6 Å². The first-order chi connectivity index (χ1) is 13.7. The number of carbonyl (C=O) groups excluding carboxylic acids is 1. The second kappa shape index (κ2) is 9.16. The summed E-state index contributed by atoms with van der Waals surface area (Å²) in [6, 6.07) is 16.0. The lowest BCUT2D eigenvalue weighted by atomic mass is 9.87. The van der Waals surface area contributed by atoms with Gasteiger partial charge in [0.2, 0.25) is 0 Å². The molecule has 3 aromatic rings. The van der Waals surface area contributed by atoms with Gasteiger partial charge in [-0.2, -0.15) is 5.10 Å². The molecule has 1 aromatic carbocycles. The summed E-state index contributed by atoms with van der Waals surface area (Å²) in [7, 11) is 0. The van der Waals surface area contributed by atoms with Gasteiger partial charge in [0.1, 0.15) is 11.4 Å². The zero-order valence-electron chi connectivity index (χ0n) is 16.6. The van der Waals surface area contributed by atoms with E-state index in [0.29, 0.717) is 23.2 Å². The number of aryl methyl sites for hydroxylation is 1. The summed E-state index contributed by atoms with van der Waals surface area (Å²) in [5, 5.41) is 10.8. The van der Waals surface area contributed by atoms with E-state index in [-0.39, 0.29) is 36.8 Å². The number of fused-ring (bicyclic) bond motifs is 1. The molecule has 2 aliphatic heterocycles. The monoisotopic (exact) mass is 445 g/mol. The molecule has 0 radical (unpaired) electrons. The fourth-order valence-electron chi connectivity index (χ4n) is 4.68. The highest BCUT2D eigenvalue weighted by molar-refractivity contribution is 5.94. The normalized spacial score (nSPS) is 22.2. The first-order valence-electron chi connectivity index (χ1n) is 9.76.